The largest absolute Gasteiger partial charge is 0.485 e. The van der Waals surface area contributed by atoms with E-state index in [4.69, 9.17) is 9.84 Å². The van der Waals surface area contributed by atoms with Crippen LogP contribution in [-0.4, -0.2) is 17.8 Å². The third-order valence-electron chi connectivity index (χ3n) is 1.39. The van der Waals surface area contributed by atoms with E-state index in [0.717, 1.165) is 12.1 Å². The van der Waals surface area contributed by atoms with Crippen molar-refractivity contribution in [3.05, 3.63) is 29.8 Å². The highest BCUT2D eigenvalue weighted by atomic mass is 19.1. The van der Waals surface area contributed by atoms with Crippen molar-refractivity contribution in [1.82, 2.24) is 0 Å². The average molecular weight is 188 g/mol. The van der Waals surface area contributed by atoms with E-state index in [1.165, 1.54) is 13.0 Å². The summed E-state index contributed by atoms with van der Waals surface area (Å²) in [6, 6.07) is 3.45. The van der Waals surface area contributed by atoms with Gasteiger partial charge in [-0.25, -0.2) is 8.78 Å². The zero-order valence-electron chi connectivity index (χ0n) is 7.13. The van der Waals surface area contributed by atoms with Crippen LogP contribution in [0.3, 0.4) is 0 Å². The average Bonchev–Trinajstić information content (AvgIpc) is 2.03. The van der Waals surface area contributed by atoms with Gasteiger partial charge in [0.2, 0.25) is 0 Å². The van der Waals surface area contributed by atoms with Gasteiger partial charge in [-0.05, 0) is 19.1 Å². The third-order valence-corrected chi connectivity index (χ3v) is 1.39. The van der Waals surface area contributed by atoms with E-state index >= 15 is 0 Å². The molecule has 0 saturated carbocycles. The number of rotatable bonds is 3. The number of halogens is 2. The second-order valence-corrected chi connectivity index (χ2v) is 2.71. The molecule has 72 valence electrons. The first kappa shape index (κ1) is 9.92. The molecule has 1 atom stereocenters. The lowest BCUT2D eigenvalue weighted by Crippen LogP contribution is -2.14. The van der Waals surface area contributed by atoms with Crippen molar-refractivity contribution in [2.24, 2.45) is 0 Å². The maximum Gasteiger partial charge on any atom is 0.190 e. The van der Waals surface area contributed by atoms with Gasteiger partial charge in [-0.3, -0.25) is 0 Å². The van der Waals surface area contributed by atoms with Crippen LogP contribution in [0.4, 0.5) is 8.78 Å². The minimum atomic E-state index is -0.763. The van der Waals surface area contributed by atoms with Crippen LogP contribution in [0.1, 0.15) is 6.92 Å². The molecule has 0 aromatic heterocycles. The van der Waals surface area contributed by atoms with E-state index in [1.807, 2.05) is 0 Å². The van der Waals surface area contributed by atoms with E-state index in [2.05, 4.69) is 0 Å². The Morgan fingerprint density at radius 3 is 2.38 bits per heavy atom. The Bertz CT molecular complexity index is 267. The summed E-state index contributed by atoms with van der Waals surface area (Å²) in [4.78, 5) is 0. The van der Waals surface area contributed by atoms with Gasteiger partial charge in [0.25, 0.3) is 0 Å². The molecule has 1 N–H and O–H groups in total. The van der Waals surface area contributed by atoms with E-state index in [9.17, 15) is 8.78 Å². The second-order valence-electron chi connectivity index (χ2n) is 2.71. The third kappa shape index (κ3) is 2.66. The summed E-state index contributed by atoms with van der Waals surface area (Å²) in [6.45, 7) is 1.34. The number of hydrogen-bond acceptors (Lipinski definition) is 2. The van der Waals surface area contributed by atoms with Crippen LogP contribution in [0.25, 0.3) is 0 Å². The van der Waals surface area contributed by atoms with E-state index in [-0.39, 0.29) is 6.61 Å². The van der Waals surface area contributed by atoms with Gasteiger partial charge >= 0.3 is 0 Å². The normalized spacial score (nSPS) is 12.6. The monoisotopic (exact) mass is 188 g/mol. The molecule has 0 aliphatic rings. The van der Waals surface area contributed by atoms with Crippen LogP contribution in [-0.2, 0) is 0 Å². The molecule has 0 aliphatic heterocycles. The number of aliphatic hydroxyl groups is 1. The van der Waals surface area contributed by atoms with Crippen LogP contribution in [0.15, 0.2) is 18.2 Å². The van der Waals surface area contributed by atoms with Crippen molar-refractivity contribution < 1.29 is 18.6 Å². The maximum atomic E-state index is 12.9. The summed E-state index contributed by atoms with van der Waals surface area (Å²) in [5, 5.41) is 8.83. The molecule has 1 aromatic rings. The second kappa shape index (κ2) is 4.18. The Hall–Kier alpha value is -1.16. The molecule has 0 amide bonds. The number of hydrogen-bond donors (Lipinski definition) is 1. The summed E-state index contributed by atoms with van der Waals surface area (Å²) < 4.78 is 30.4. The van der Waals surface area contributed by atoms with E-state index < -0.39 is 23.5 Å². The highest BCUT2D eigenvalue weighted by Crippen LogP contribution is 2.20. The van der Waals surface area contributed by atoms with Gasteiger partial charge < -0.3 is 9.84 Å². The molecule has 13 heavy (non-hydrogen) atoms. The molecule has 0 saturated heterocycles. The Kier molecular flexibility index (Phi) is 3.19. The first-order valence-electron chi connectivity index (χ1n) is 3.86. The van der Waals surface area contributed by atoms with Crippen LogP contribution < -0.4 is 4.74 Å². The molecule has 1 aromatic carbocycles. The fourth-order valence-electron chi connectivity index (χ4n) is 0.824. The summed E-state index contributed by atoms with van der Waals surface area (Å²) in [7, 11) is 0. The van der Waals surface area contributed by atoms with Crippen molar-refractivity contribution in [1.29, 1.82) is 0 Å². The maximum absolute atomic E-state index is 12.9. The van der Waals surface area contributed by atoms with Gasteiger partial charge in [0, 0.05) is 0 Å². The van der Waals surface area contributed by atoms with Crippen LogP contribution in [0.5, 0.6) is 5.75 Å². The van der Waals surface area contributed by atoms with E-state index in [0.29, 0.717) is 0 Å². The van der Waals surface area contributed by atoms with Gasteiger partial charge in [0.1, 0.15) is 6.61 Å². The van der Waals surface area contributed by atoms with Crippen molar-refractivity contribution in [3.63, 3.8) is 0 Å². The lowest BCUT2D eigenvalue weighted by Gasteiger charge is -2.09. The first-order chi connectivity index (χ1) is 6.11. The summed E-state index contributed by atoms with van der Waals surface area (Å²) in [5.41, 5.74) is 0. The highest BCUT2D eigenvalue weighted by Gasteiger charge is 2.09. The minimum Gasteiger partial charge on any atom is -0.485 e. The molecule has 1 rings (SSSR count). The van der Waals surface area contributed by atoms with Gasteiger partial charge in [-0.1, -0.05) is 6.07 Å². The van der Waals surface area contributed by atoms with Crippen LogP contribution in [0, 0.1) is 11.6 Å². The lowest BCUT2D eigenvalue weighted by molar-refractivity contribution is 0.117. The Labute approximate surface area is 74.8 Å². The number of aliphatic hydroxyl groups excluding tert-OH is 1. The molecule has 0 fully saturated rings. The fraction of sp³-hybridized carbons (Fsp3) is 0.333. The predicted octanol–water partition coefficient (Wildman–Crippen LogP) is 1.72. The molecule has 0 radical (unpaired) electrons. The Balaban J connectivity index is 2.75. The first-order valence-corrected chi connectivity index (χ1v) is 3.86. The SMILES string of the molecule is C[C@@H](O)COc1c(F)cccc1F. The van der Waals surface area contributed by atoms with Crippen molar-refractivity contribution in [2.45, 2.75) is 13.0 Å². The molecular formula is C9H10F2O2. The quantitative estimate of drug-likeness (QED) is 0.782. The van der Waals surface area contributed by atoms with Crippen molar-refractivity contribution in [2.75, 3.05) is 6.61 Å². The summed E-state index contributed by atoms with van der Waals surface area (Å²) >= 11 is 0. The van der Waals surface area contributed by atoms with E-state index in [1.54, 1.807) is 0 Å². The van der Waals surface area contributed by atoms with Gasteiger partial charge in [0.05, 0.1) is 6.10 Å². The number of para-hydroxylation sites is 1. The molecule has 0 bridgehead atoms. The zero-order chi connectivity index (χ0) is 9.84. The topological polar surface area (TPSA) is 29.5 Å². The molecule has 4 heteroatoms. The standard InChI is InChI=1S/C9H10F2O2/c1-6(12)5-13-9-7(10)3-2-4-8(9)11/h2-4,6,12H,5H2,1H3/t6-/m1/s1. The smallest absolute Gasteiger partial charge is 0.190 e. The predicted molar refractivity (Wildman–Crippen MR) is 43.5 cm³/mol. The van der Waals surface area contributed by atoms with Gasteiger partial charge in [-0.2, -0.15) is 0 Å². The van der Waals surface area contributed by atoms with Crippen LogP contribution >= 0.6 is 0 Å². The summed E-state index contributed by atoms with van der Waals surface area (Å²) in [6.07, 6.45) is -0.751. The van der Waals surface area contributed by atoms with Crippen LogP contribution in [0.2, 0.25) is 0 Å². The number of benzene rings is 1. The molecule has 2 nitrogen and oxygen atoms in total. The van der Waals surface area contributed by atoms with Gasteiger partial charge in [0.15, 0.2) is 17.4 Å². The van der Waals surface area contributed by atoms with Gasteiger partial charge in [-0.15, -0.1) is 0 Å². The molecule has 0 heterocycles. The lowest BCUT2D eigenvalue weighted by atomic mass is 10.3. The molecule has 0 spiro atoms. The molecular weight excluding hydrogens is 178 g/mol. The number of ether oxygens (including phenoxy) is 1. The Morgan fingerprint density at radius 1 is 1.38 bits per heavy atom. The van der Waals surface area contributed by atoms with Crippen molar-refractivity contribution >= 4 is 0 Å². The summed E-state index contributed by atoms with van der Waals surface area (Å²) in [5.74, 6) is -1.97. The molecule has 0 aliphatic carbocycles. The zero-order valence-corrected chi connectivity index (χ0v) is 7.13. The molecule has 0 unspecified atom stereocenters. The van der Waals surface area contributed by atoms with Crippen molar-refractivity contribution in [3.8, 4) is 5.75 Å². The highest BCUT2D eigenvalue weighted by molar-refractivity contribution is 5.25. The minimum absolute atomic E-state index is 0.127. The fourth-order valence-corrected chi connectivity index (χ4v) is 0.824. The Morgan fingerprint density at radius 2 is 1.92 bits per heavy atom.